The van der Waals surface area contributed by atoms with Crippen molar-refractivity contribution in [2.45, 2.75) is 24.2 Å². The summed E-state index contributed by atoms with van der Waals surface area (Å²) >= 11 is 1.65. The zero-order chi connectivity index (χ0) is 13.8. The van der Waals surface area contributed by atoms with E-state index in [-0.39, 0.29) is 17.7 Å². The van der Waals surface area contributed by atoms with Gasteiger partial charge in [-0.15, -0.1) is 11.8 Å². The maximum absolute atomic E-state index is 12.0. The summed E-state index contributed by atoms with van der Waals surface area (Å²) in [7, 11) is 0. The van der Waals surface area contributed by atoms with Crippen molar-refractivity contribution in [3.63, 3.8) is 0 Å². The Morgan fingerprint density at radius 3 is 2.37 bits per heavy atom. The van der Waals surface area contributed by atoms with Gasteiger partial charge in [-0.1, -0.05) is 0 Å². The number of rotatable bonds is 4. The van der Waals surface area contributed by atoms with E-state index in [0.717, 1.165) is 10.6 Å². The fraction of sp³-hybridized carbons (Fsp3) is 0.429. The second-order valence-corrected chi connectivity index (χ2v) is 5.64. The number of carbonyl (C=O) groups is 2. The molecule has 1 aromatic rings. The first-order valence-corrected chi connectivity index (χ1v) is 7.50. The molecule has 0 bridgehead atoms. The van der Waals surface area contributed by atoms with Gasteiger partial charge >= 0.3 is 5.97 Å². The Hall–Kier alpha value is -1.49. The molecule has 19 heavy (non-hydrogen) atoms. The van der Waals surface area contributed by atoms with Crippen LogP contribution in [0.4, 0.5) is 5.69 Å². The molecule has 1 aliphatic carbocycles. The highest BCUT2D eigenvalue weighted by Gasteiger charge is 2.33. The predicted octanol–water partition coefficient (Wildman–Crippen LogP) is 2.85. The quantitative estimate of drug-likeness (QED) is 0.832. The molecule has 1 fully saturated rings. The largest absolute Gasteiger partial charge is 0.481 e. The monoisotopic (exact) mass is 279 g/mol. The number of carboxylic acid groups (broad SMARTS) is 1. The molecule has 0 aromatic heterocycles. The molecule has 1 aliphatic rings. The van der Waals surface area contributed by atoms with E-state index >= 15 is 0 Å². The number of thioether (sulfide) groups is 1. The summed E-state index contributed by atoms with van der Waals surface area (Å²) in [5.41, 5.74) is 0.765. The van der Waals surface area contributed by atoms with Crippen LogP contribution in [0.1, 0.15) is 19.3 Å². The van der Waals surface area contributed by atoms with Crippen LogP contribution in [0.2, 0.25) is 0 Å². The number of amides is 1. The fourth-order valence-corrected chi connectivity index (χ4v) is 2.77. The van der Waals surface area contributed by atoms with Crippen molar-refractivity contribution in [2.24, 2.45) is 11.8 Å². The van der Waals surface area contributed by atoms with Gasteiger partial charge in [0.05, 0.1) is 5.92 Å². The summed E-state index contributed by atoms with van der Waals surface area (Å²) in [6, 6.07) is 7.64. The summed E-state index contributed by atoms with van der Waals surface area (Å²) in [4.78, 5) is 24.0. The number of carboxylic acids is 1. The summed E-state index contributed by atoms with van der Waals surface area (Å²) in [5.74, 6) is -1.41. The molecule has 0 spiro atoms. The van der Waals surface area contributed by atoms with Crippen molar-refractivity contribution in [3.8, 4) is 0 Å². The number of carbonyl (C=O) groups excluding carboxylic acids is 1. The molecular formula is C14H17NO3S. The van der Waals surface area contributed by atoms with E-state index in [4.69, 9.17) is 5.11 Å². The maximum atomic E-state index is 12.0. The molecule has 0 heterocycles. The summed E-state index contributed by atoms with van der Waals surface area (Å²) in [5, 5.41) is 11.8. The minimum Gasteiger partial charge on any atom is -0.481 e. The van der Waals surface area contributed by atoms with Crippen LogP contribution in [-0.4, -0.2) is 23.2 Å². The van der Waals surface area contributed by atoms with Gasteiger partial charge in [0.15, 0.2) is 0 Å². The van der Waals surface area contributed by atoms with Crippen molar-refractivity contribution >= 4 is 29.3 Å². The Balaban J connectivity index is 1.92. The van der Waals surface area contributed by atoms with Gasteiger partial charge in [0.25, 0.3) is 0 Å². The van der Waals surface area contributed by atoms with Gasteiger partial charge in [-0.05, 0) is 49.8 Å². The Labute approximate surface area is 116 Å². The molecule has 5 heteroatoms. The Morgan fingerprint density at radius 1 is 1.21 bits per heavy atom. The van der Waals surface area contributed by atoms with Gasteiger partial charge in [-0.3, -0.25) is 9.59 Å². The lowest BCUT2D eigenvalue weighted by Crippen LogP contribution is -2.21. The van der Waals surface area contributed by atoms with E-state index in [0.29, 0.717) is 19.3 Å². The van der Waals surface area contributed by atoms with Crippen molar-refractivity contribution in [2.75, 3.05) is 11.6 Å². The van der Waals surface area contributed by atoms with Crippen molar-refractivity contribution < 1.29 is 14.7 Å². The zero-order valence-corrected chi connectivity index (χ0v) is 11.6. The molecule has 2 atom stereocenters. The van der Waals surface area contributed by atoms with Gasteiger partial charge in [0.1, 0.15) is 0 Å². The molecule has 0 unspecified atom stereocenters. The average Bonchev–Trinajstić information content (AvgIpc) is 2.89. The third kappa shape index (κ3) is 3.50. The SMILES string of the molecule is CSc1ccc(NC(=O)[C@@H]2CC[C@H](C(=O)O)C2)cc1. The molecular weight excluding hydrogens is 262 g/mol. The second kappa shape index (κ2) is 6.10. The van der Waals surface area contributed by atoms with Crippen LogP contribution in [0.5, 0.6) is 0 Å². The summed E-state index contributed by atoms with van der Waals surface area (Å²) in [6.45, 7) is 0. The number of anilines is 1. The minimum atomic E-state index is -0.792. The van der Waals surface area contributed by atoms with Crippen LogP contribution in [0.25, 0.3) is 0 Å². The Kier molecular flexibility index (Phi) is 4.47. The molecule has 4 nitrogen and oxygen atoms in total. The number of nitrogens with one attached hydrogen (secondary N) is 1. The molecule has 0 aliphatic heterocycles. The highest BCUT2D eigenvalue weighted by Crippen LogP contribution is 2.32. The third-order valence-corrected chi connectivity index (χ3v) is 4.25. The minimum absolute atomic E-state index is 0.0688. The molecule has 1 aromatic carbocycles. The first kappa shape index (κ1) is 13.9. The Bertz CT molecular complexity index is 472. The van der Waals surface area contributed by atoms with Crippen molar-refractivity contribution in [1.29, 1.82) is 0 Å². The zero-order valence-electron chi connectivity index (χ0n) is 10.8. The van der Waals surface area contributed by atoms with Crippen LogP contribution in [0, 0.1) is 11.8 Å². The first-order chi connectivity index (χ1) is 9.10. The van der Waals surface area contributed by atoms with Gasteiger partial charge in [-0.2, -0.15) is 0 Å². The topological polar surface area (TPSA) is 66.4 Å². The van der Waals surface area contributed by atoms with E-state index in [1.54, 1.807) is 11.8 Å². The van der Waals surface area contributed by atoms with Gasteiger partial charge in [-0.25, -0.2) is 0 Å². The fourth-order valence-electron chi connectivity index (χ4n) is 2.36. The number of hydrogen-bond acceptors (Lipinski definition) is 3. The van der Waals surface area contributed by atoms with Crippen LogP contribution in [0.15, 0.2) is 29.2 Å². The van der Waals surface area contributed by atoms with Crippen LogP contribution >= 0.6 is 11.8 Å². The standard InChI is InChI=1S/C14H17NO3S/c1-19-12-6-4-11(5-7-12)15-13(16)9-2-3-10(8-9)14(17)18/h4-7,9-10H,2-3,8H2,1H3,(H,15,16)(H,17,18)/t9-,10+/m1/s1. The lowest BCUT2D eigenvalue weighted by molar-refractivity contribution is -0.141. The molecule has 2 N–H and O–H groups in total. The normalized spacial score (nSPS) is 22.2. The van der Waals surface area contributed by atoms with Crippen LogP contribution in [-0.2, 0) is 9.59 Å². The van der Waals surface area contributed by atoms with E-state index in [1.807, 2.05) is 30.5 Å². The third-order valence-electron chi connectivity index (χ3n) is 3.51. The van der Waals surface area contributed by atoms with Crippen molar-refractivity contribution in [1.82, 2.24) is 0 Å². The second-order valence-electron chi connectivity index (χ2n) is 4.76. The lowest BCUT2D eigenvalue weighted by atomic mass is 10.0. The smallest absolute Gasteiger partial charge is 0.306 e. The highest BCUT2D eigenvalue weighted by atomic mass is 32.2. The van der Waals surface area contributed by atoms with Crippen LogP contribution in [0.3, 0.4) is 0 Å². The van der Waals surface area contributed by atoms with E-state index in [1.165, 1.54) is 0 Å². The predicted molar refractivity (Wildman–Crippen MR) is 75.3 cm³/mol. The molecule has 2 rings (SSSR count). The molecule has 1 saturated carbocycles. The van der Waals surface area contributed by atoms with Gasteiger partial charge in [0.2, 0.25) is 5.91 Å². The Morgan fingerprint density at radius 2 is 1.84 bits per heavy atom. The molecule has 0 saturated heterocycles. The van der Waals surface area contributed by atoms with E-state index < -0.39 is 5.97 Å². The molecule has 0 radical (unpaired) electrons. The number of aliphatic carboxylic acids is 1. The van der Waals surface area contributed by atoms with Gasteiger partial charge < -0.3 is 10.4 Å². The number of benzene rings is 1. The number of hydrogen-bond donors (Lipinski definition) is 2. The van der Waals surface area contributed by atoms with Gasteiger partial charge in [0, 0.05) is 16.5 Å². The first-order valence-electron chi connectivity index (χ1n) is 6.28. The van der Waals surface area contributed by atoms with E-state index in [9.17, 15) is 9.59 Å². The highest BCUT2D eigenvalue weighted by molar-refractivity contribution is 7.98. The molecule has 1 amide bonds. The van der Waals surface area contributed by atoms with Crippen LogP contribution < -0.4 is 5.32 Å². The lowest BCUT2D eigenvalue weighted by Gasteiger charge is -2.11. The average molecular weight is 279 g/mol. The van der Waals surface area contributed by atoms with Crippen molar-refractivity contribution in [3.05, 3.63) is 24.3 Å². The maximum Gasteiger partial charge on any atom is 0.306 e. The molecule has 102 valence electrons. The summed E-state index contributed by atoms with van der Waals surface area (Å²) in [6.07, 6.45) is 3.70. The van der Waals surface area contributed by atoms with E-state index in [2.05, 4.69) is 5.32 Å². The summed E-state index contributed by atoms with van der Waals surface area (Å²) < 4.78 is 0.